The molecule has 0 saturated heterocycles. The van der Waals surface area contributed by atoms with Crippen LogP contribution >= 0.6 is 0 Å². The summed E-state index contributed by atoms with van der Waals surface area (Å²) >= 11 is 0. The van der Waals surface area contributed by atoms with Gasteiger partial charge in [0.15, 0.2) is 0 Å². The van der Waals surface area contributed by atoms with E-state index in [1.807, 2.05) is 50.2 Å². The first-order valence-corrected chi connectivity index (χ1v) is 5.73. The van der Waals surface area contributed by atoms with Crippen LogP contribution in [-0.2, 0) is 4.79 Å². The summed E-state index contributed by atoms with van der Waals surface area (Å²) in [7, 11) is 0. The molecule has 0 aliphatic carbocycles. The van der Waals surface area contributed by atoms with Crippen molar-refractivity contribution in [1.82, 2.24) is 0 Å². The zero-order valence-corrected chi connectivity index (χ0v) is 10.1. The van der Waals surface area contributed by atoms with Crippen LogP contribution in [0.5, 0.6) is 0 Å². The molecule has 0 bridgehead atoms. The Morgan fingerprint density at radius 2 is 1.94 bits per heavy atom. The van der Waals surface area contributed by atoms with Crippen molar-refractivity contribution in [2.75, 3.05) is 0 Å². The minimum atomic E-state index is -1.03. The highest BCUT2D eigenvalue weighted by molar-refractivity contribution is 5.73. The number of nitrogens with zero attached hydrogens (tertiary/aromatic N) is 1. The number of benzene rings is 1. The van der Waals surface area contributed by atoms with Crippen LogP contribution in [0.15, 0.2) is 30.3 Å². The Morgan fingerprint density at radius 1 is 1.35 bits per heavy atom. The van der Waals surface area contributed by atoms with Crippen molar-refractivity contribution in [1.29, 1.82) is 5.26 Å². The maximum atomic E-state index is 10.9. The van der Waals surface area contributed by atoms with Crippen molar-refractivity contribution in [3.63, 3.8) is 0 Å². The molecule has 90 valence electrons. The minimum Gasteiger partial charge on any atom is -0.480 e. The van der Waals surface area contributed by atoms with Gasteiger partial charge in [0.25, 0.3) is 0 Å². The van der Waals surface area contributed by atoms with Crippen LogP contribution in [0.1, 0.15) is 31.7 Å². The Hall–Kier alpha value is -1.82. The van der Waals surface area contributed by atoms with E-state index in [1.165, 1.54) is 0 Å². The van der Waals surface area contributed by atoms with Gasteiger partial charge in [-0.2, -0.15) is 5.26 Å². The summed E-state index contributed by atoms with van der Waals surface area (Å²) in [5.41, 5.74) is 1.10. The number of hydrogen-bond acceptors (Lipinski definition) is 2. The number of aliphatic carboxylic acids is 1. The smallest absolute Gasteiger partial charge is 0.320 e. The third-order valence-electron chi connectivity index (χ3n) is 2.98. The van der Waals surface area contributed by atoms with Crippen LogP contribution < -0.4 is 0 Å². The molecule has 1 aromatic carbocycles. The Labute approximate surface area is 102 Å². The maximum Gasteiger partial charge on any atom is 0.320 e. The van der Waals surface area contributed by atoms with Gasteiger partial charge in [0.1, 0.15) is 5.92 Å². The molecule has 0 amide bonds. The Balaban J connectivity index is 2.89. The lowest BCUT2D eigenvalue weighted by Gasteiger charge is -2.22. The summed E-state index contributed by atoms with van der Waals surface area (Å²) in [6.07, 6.45) is 0.369. The van der Waals surface area contributed by atoms with Crippen molar-refractivity contribution in [2.24, 2.45) is 11.8 Å². The van der Waals surface area contributed by atoms with E-state index in [9.17, 15) is 4.79 Å². The van der Waals surface area contributed by atoms with Crippen LogP contribution in [0.4, 0.5) is 0 Å². The first-order valence-electron chi connectivity index (χ1n) is 5.73. The molecule has 0 spiro atoms. The number of nitriles is 1. The summed E-state index contributed by atoms with van der Waals surface area (Å²) in [6, 6.07) is 11.6. The van der Waals surface area contributed by atoms with Gasteiger partial charge >= 0.3 is 5.97 Å². The van der Waals surface area contributed by atoms with E-state index in [4.69, 9.17) is 10.4 Å². The Morgan fingerprint density at radius 3 is 2.35 bits per heavy atom. The second-order valence-electron chi connectivity index (χ2n) is 4.52. The van der Waals surface area contributed by atoms with Crippen LogP contribution in [-0.4, -0.2) is 11.1 Å². The fraction of sp³-hybridized carbons (Fsp3) is 0.429. The Kier molecular flexibility index (Phi) is 4.71. The number of rotatable bonds is 5. The molecule has 0 saturated carbocycles. The molecular formula is C14H17NO2. The van der Waals surface area contributed by atoms with E-state index in [2.05, 4.69) is 0 Å². The second kappa shape index (κ2) is 6.05. The predicted octanol–water partition coefficient (Wildman–Crippen LogP) is 3.04. The van der Waals surface area contributed by atoms with Crippen LogP contribution in [0.25, 0.3) is 0 Å². The molecule has 0 heterocycles. The lowest BCUT2D eigenvalue weighted by Crippen LogP contribution is -2.18. The van der Waals surface area contributed by atoms with E-state index in [-0.39, 0.29) is 5.92 Å². The second-order valence-corrected chi connectivity index (χ2v) is 4.52. The average molecular weight is 231 g/mol. The van der Waals surface area contributed by atoms with Gasteiger partial charge in [-0.05, 0) is 23.8 Å². The average Bonchev–Trinajstić information content (AvgIpc) is 2.30. The molecule has 1 rings (SSSR count). The molecule has 0 radical (unpaired) electrons. The summed E-state index contributed by atoms with van der Waals surface area (Å²) in [4.78, 5) is 10.9. The number of carboxylic acid groups (broad SMARTS) is 1. The lowest BCUT2D eigenvalue weighted by molar-refractivity contribution is -0.140. The van der Waals surface area contributed by atoms with Crippen LogP contribution in [0.2, 0.25) is 0 Å². The maximum absolute atomic E-state index is 10.9. The van der Waals surface area contributed by atoms with Crippen molar-refractivity contribution < 1.29 is 9.90 Å². The minimum absolute atomic E-state index is 0.108. The van der Waals surface area contributed by atoms with Crippen LogP contribution in [0.3, 0.4) is 0 Å². The summed E-state index contributed by atoms with van der Waals surface area (Å²) in [6.45, 7) is 4.10. The van der Waals surface area contributed by atoms with E-state index in [0.717, 1.165) is 5.56 Å². The molecule has 0 aromatic heterocycles. The molecule has 0 aliphatic rings. The molecular weight excluding hydrogens is 214 g/mol. The first kappa shape index (κ1) is 13.2. The topological polar surface area (TPSA) is 61.1 Å². The SMILES string of the molecule is CC(C)C(CC(C#N)C(=O)O)c1ccccc1. The number of carbonyl (C=O) groups is 1. The molecule has 1 aromatic rings. The normalized spacial score (nSPS) is 14.0. The van der Waals surface area contributed by atoms with Gasteiger partial charge in [0, 0.05) is 0 Å². The van der Waals surface area contributed by atoms with Crippen molar-refractivity contribution >= 4 is 5.97 Å². The highest BCUT2D eigenvalue weighted by atomic mass is 16.4. The predicted molar refractivity (Wildman–Crippen MR) is 65.4 cm³/mol. The fourth-order valence-electron chi connectivity index (χ4n) is 1.96. The molecule has 2 atom stereocenters. The highest BCUT2D eigenvalue weighted by Crippen LogP contribution is 2.30. The molecule has 0 aliphatic heterocycles. The van der Waals surface area contributed by atoms with Gasteiger partial charge in [-0.25, -0.2) is 0 Å². The summed E-state index contributed by atoms with van der Waals surface area (Å²) in [5, 5.41) is 17.8. The van der Waals surface area contributed by atoms with Crippen molar-refractivity contribution in [2.45, 2.75) is 26.2 Å². The van der Waals surface area contributed by atoms with E-state index in [1.54, 1.807) is 0 Å². The van der Waals surface area contributed by atoms with Gasteiger partial charge < -0.3 is 5.11 Å². The fourth-order valence-corrected chi connectivity index (χ4v) is 1.96. The zero-order chi connectivity index (χ0) is 12.8. The largest absolute Gasteiger partial charge is 0.480 e. The van der Waals surface area contributed by atoms with Crippen molar-refractivity contribution in [3.8, 4) is 6.07 Å². The summed E-state index contributed by atoms with van der Waals surface area (Å²) in [5.74, 6) is -1.54. The molecule has 2 unspecified atom stereocenters. The molecule has 17 heavy (non-hydrogen) atoms. The third-order valence-corrected chi connectivity index (χ3v) is 2.98. The first-order chi connectivity index (χ1) is 8.06. The van der Waals surface area contributed by atoms with Gasteiger partial charge in [0.05, 0.1) is 6.07 Å². The molecule has 1 N–H and O–H groups in total. The van der Waals surface area contributed by atoms with Crippen LogP contribution in [0, 0.1) is 23.2 Å². The molecule has 3 heteroatoms. The highest BCUT2D eigenvalue weighted by Gasteiger charge is 2.25. The van der Waals surface area contributed by atoms with Crippen molar-refractivity contribution in [3.05, 3.63) is 35.9 Å². The summed E-state index contributed by atoms with van der Waals surface area (Å²) < 4.78 is 0. The molecule has 3 nitrogen and oxygen atoms in total. The third kappa shape index (κ3) is 3.60. The molecule has 0 fully saturated rings. The van der Waals surface area contributed by atoms with Gasteiger partial charge in [0.2, 0.25) is 0 Å². The quantitative estimate of drug-likeness (QED) is 0.847. The van der Waals surface area contributed by atoms with E-state index in [0.29, 0.717) is 12.3 Å². The van der Waals surface area contributed by atoms with E-state index >= 15 is 0 Å². The number of hydrogen-bond donors (Lipinski definition) is 1. The zero-order valence-electron chi connectivity index (χ0n) is 10.1. The lowest BCUT2D eigenvalue weighted by atomic mass is 9.82. The van der Waals surface area contributed by atoms with Gasteiger partial charge in [-0.15, -0.1) is 0 Å². The Bertz CT molecular complexity index is 406. The van der Waals surface area contributed by atoms with Gasteiger partial charge in [-0.1, -0.05) is 44.2 Å². The number of carboxylic acids is 1. The van der Waals surface area contributed by atoms with E-state index < -0.39 is 11.9 Å². The standard InChI is InChI=1S/C14H17NO2/c1-10(2)13(8-12(9-15)14(16)17)11-6-4-3-5-7-11/h3-7,10,12-13H,8H2,1-2H3,(H,16,17). The van der Waals surface area contributed by atoms with Gasteiger partial charge in [-0.3, -0.25) is 4.79 Å². The monoisotopic (exact) mass is 231 g/mol.